The van der Waals surface area contributed by atoms with E-state index in [1.54, 1.807) is 14.1 Å². The first-order chi connectivity index (χ1) is 11.3. The van der Waals surface area contributed by atoms with Gasteiger partial charge in [-0.25, -0.2) is 13.1 Å². The van der Waals surface area contributed by atoms with Crippen LogP contribution in [0, 0.1) is 0 Å². The normalized spacial score (nSPS) is 17.5. The molecule has 0 unspecified atom stereocenters. The maximum absolute atomic E-state index is 12.0. The van der Waals surface area contributed by atoms with E-state index >= 15 is 0 Å². The number of aryl methyl sites for hydroxylation is 1. The summed E-state index contributed by atoms with van der Waals surface area (Å²) >= 11 is 0. The van der Waals surface area contributed by atoms with E-state index < -0.39 is 22.2 Å². The molecule has 0 aliphatic rings. The number of fused-ring (bicyclic) bond motifs is 1. The molecule has 0 fully saturated rings. The lowest BCUT2D eigenvalue weighted by atomic mass is 10.1. The van der Waals surface area contributed by atoms with Crippen LogP contribution < -0.4 is 4.72 Å². The van der Waals surface area contributed by atoms with Gasteiger partial charge in [-0.3, -0.25) is 0 Å². The van der Waals surface area contributed by atoms with E-state index in [4.69, 9.17) is 6.85 Å². The summed E-state index contributed by atoms with van der Waals surface area (Å²) in [5, 5.41) is 0.434. The Morgan fingerprint density at radius 2 is 2.20 bits per heavy atom. The summed E-state index contributed by atoms with van der Waals surface area (Å²) in [5.74, 6) is 0. The average Bonchev–Trinajstić information content (AvgIpc) is 2.81. The van der Waals surface area contributed by atoms with Crippen molar-refractivity contribution in [1.82, 2.24) is 14.6 Å². The second-order valence-corrected chi connectivity index (χ2v) is 6.15. The fourth-order valence-electron chi connectivity index (χ4n) is 1.76. The number of hydrogen-bond donors (Lipinski definition) is 2. The van der Waals surface area contributed by atoms with E-state index in [1.807, 2.05) is 4.72 Å². The number of likely N-dealkylation sites (N-methyl/N-ethyl adjacent to an activating group) is 1. The fraction of sp³-hybridized carbons (Fsp3) is 0.429. The third kappa shape index (κ3) is 3.59. The van der Waals surface area contributed by atoms with Crippen molar-refractivity contribution in [3.8, 4) is 0 Å². The summed E-state index contributed by atoms with van der Waals surface area (Å²) < 4.78 is 66.0. The molecule has 0 saturated carbocycles. The van der Waals surface area contributed by atoms with Gasteiger partial charge in [0.1, 0.15) is 0 Å². The van der Waals surface area contributed by atoms with Crippen molar-refractivity contribution < 1.29 is 15.3 Å². The number of rotatable bonds is 6. The third-order valence-corrected chi connectivity index (χ3v) is 3.83. The first-order valence-corrected chi connectivity index (χ1v) is 7.54. The molecule has 0 bridgehead atoms. The average molecular weight is 300 g/mol. The highest BCUT2D eigenvalue weighted by molar-refractivity contribution is 7.88. The molecule has 0 saturated heterocycles. The lowest BCUT2D eigenvalue weighted by Gasteiger charge is -2.08. The summed E-state index contributed by atoms with van der Waals surface area (Å²) in [6.45, 7) is -1.71. The van der Waals surface area contributed by atoms with Gasteiger partial charge in [0.05, 0.1) is 7.08 Å². The minimum Gasteiger partial charge on any atom is -0.361 e. The third-order valence-electron chi connectivity index (χ3n) is 2.79. The van der Waals surface area contributed by atoms with Crippen LogP contribution in [-0.2, 0) is 22.1 Å². The van der Waals surface area contributed by atoms with E-state index in [1.165, 1.54) is 23.1 Å². The standard InChI is InChI=1S/C14H21N3O2S/c1-15-20(18,19)10-11-4-5-14-13(8-11)12(9-16-14)6-7-17(2)3/h4-5,8-9,15-16H,6-7,10H2,1-3H3/i7D2,9D,10D2. The Morgan fingerprint density at radius 3 is 2.85 bits per heavy atom. The number of nitrogens with zero attached hydrogens (tertiary/aromatic N) is 1. The van der Waals surface area contributed by atoms with Gasteiger partial charge in [-0.05, 0) is 50.8 Å². The van der Waals surface area contributed by atoms with Crippen LogP contribution in [-0.4, -0.2) is 45.9 Å². The molecule has 20 heavy (non-hydrogen) atoms. The predicted octanol–water partition coefficient (Wildman–Crippen LogP) is 1.32. The number of sulfonamides is 1. The molecule has 0 amide bonds. The Morgan fingerprint density at radius 1 is 1.45 bits per heavy atom. The molecule has 110 valence electrons. The zero-order valence-corrected chi connectivity index (χ0v) is 12.4. The quantitative estimate of drug-likeness (QED) is 0.845. The van der Waals surface area contributed by atoms with Crippen molar-refractivity contribution in [2.24, 2.45) is 0 Å². The molecule has 6 heteroatoms. The molecule has 1 aromatic heterocycles. The Balaban J connectivity index is 2.62. The van der Waals surface area contributed by atoms with Gasteiger partial charge < -0.3 is 9.88 Å². The number of aromatic amines is 1. The van der Waals surface area contributed by atoms with E-state index in [9.17, 15) is 8.42 Å². The van der Waals surface area contributed by atoms with Crippen molar-refractivity contribution in [3.05, 3.63) is 35.5 Å². The van der Waals surface area contributed by atoms with E-state index in [0.29, 0.717) is 16.5 Å². The highest BCUT2D eigenvalue weighted by Crippen LogP contribution is 2.21. The zero-order valence-electron chi connectivity index (χ0n) is 16.6. The van der Waals surface area contributed by atoms with Gasteiger partial charge in [0.15, 0.2) is 0 Å². The van der Waals surface area contributed by atoms with Gasteiger partial charge in [-0.15, -0.1) is 0 Å². The molecule has 0 radical (unpaired) electrons. The van der Waals surface area contributed by atoms with Gasteiger partial charge in [0, 0.05) is 29.1 Å². The molecule has 5 nitrogen and oxygen atoms in total. The van der Waals surface area contributed by atoms with Crippen molar-refractivity contribution in [1.29, 1.82) is 0 Å². The van der Waals surface area contributed by atoms with E-state index in [-0.39, 0.29) is 18.2 Å². The van der Waals surface area contributed by atoms with Crippen LogP contribution >= 0.6 is 0 Å². The van der Waals surface area contributed by atoms with Crippen molar-refractivity contribution >= 4 is 20.9 Å². The topological polar surface area (TPSA) is 65.2 Å². The Bertz CT molecular complexity index is 893. The van der Waals surface area contributed by atoms with Crippen LogP contribution in [0.1, 0.15) is 18.0 Å². The molecule has 0 aliphatic heterocycles. The van der Waals surface area contributed by atoms with Crippen LogP contribution in [0.5, 0.6) is 0 Å². The number of H-pyrrole nitrogens is 1. The molecule has 0 aliphatic carbocycles. The summed E-state index contributed by atoms with van der Waals surface area (Å²) in [6, 6.07) is 4.21. The van der Waals surface area contributed by atoms with Gasteiger partial charge in [-0.1, -0.05) is 6.07 Å². The van der Waals surface area contributed by atoms with E-state index in [0.717, 1.165) is 7.05 Å². The van der Waals surface area contributed by atoms with Crippen LogP contribution in [0.25, 0.3) is 10.9 Å². The molecular formula is C14H21N3O2S. The van der Waals surface area contributed by atoms with E-state index in [2.05, 4.69) is 4.98 Å². The second kappa shape index (κ2) is 5.95. The fourth-order valence-corrected chi connectivity index (χ4v) is 2.30. The molecule has 2 aromatic rings. The largest absolute Gasteiger partial charge is 0.361 e. The lowest BCUT2D eigenvalue weighted by molar-refractivity contribution is 0.414. The van der Waals surface area contributed by atoms with Crippen LogP contribution in [0.2, 0.25) is 0 Å². The summed E-state index contributed by atoms with van der Waals surface area (Å²) in [4.78, 5) is 4.20. The Hall–Kier alpha value is -1.37. The second-order valence-electron chi connectivity index (χ2n) is 4.53. The van der Waals surface area contributed by atoms with Crippen LogP contribution in [0.15, 0.2) is 24.4 Å². The Labute approximate surface area is 127 Å². The first kappa shape index (κ1) is 9.55. The monoisotopic (exact) mass is 300 g/mol. The molecule has 1 aromatic carbocycles. The maximum atomic E-state index is 12.0. The molecule has 0 atom stereocenters. The van der Waals surface area contributed by atoms with Crippen molar-refractivity contribution in [3.63, 3.8) is 0 Å². The molecule has 2 rings (SSSR count). The molecular weight excluding hydrogens is 274 g/mol. The van der Waals surface area contributed by atoms with Crippen molar-refractivity contribution in [2.75, 3.05) is 27.6 Å². The molecule has 0 spiro atoms. The van der Waals surface area contributed by atoms with Gasteiger partial charge >= 0.3 is 0 Å². The predicted molar refractivity (Wildman–Crippen MR) is 82.2 cm³/mol. The van der Waals surface area contributed by atoms with Crippen LogP contribution in [0.3, 0.4) is 0 Å². The summed E-state index contributed by atoms with van der Waals surface area (Å²) in [6.07, 6.45) is -0.0701. The first-order valence-electron chi connectivity index (χ1n) is 8.55. The van der Waals surface area contributed by atoms with Crippen LogP contribution in [0.4, 0.5) is 0 Å². The van der Waals surface area contributed by atoms with Gasteiger partial charge in [-0.2, -0.15) is 0 Å². The minimum absolute atomic E-state index is 0.0231. The SMILES string of the molecule is [2H]c1[nH]c2ccc(C([2H])([2H])S(=O)(=O)NC)cc2c1CC([2H])([2H])N(C)C. The highest BCUT2D eigenvalue weighted by Gasteiger charge is 2.11. The highest BCUT2D eigenvalue weighted by atomic mass is 32.2. The number of hydrogen-bond acceptors (Lipinski definition) is 3. The smallest absolute Gasteiger partial charge is 0.215 e. The number of benzene rings is 1. The number of nitrogens with one attached hydrogen (secondary N) is 2. The molecule has 2 N–H and O–H groups in total. The minimum atomic E-state index is -4.23. The zero-order chi connectivity index (χ0) is 19.2. The Kier molecular flexibility index (Phi) is 2.84. The summed E-state index contributed by atoms with van der Waals surface area (Å²) in [7, 11) is 0.0804. The molecule has 1 heterocycles. The van der Waals surface area contributed by atoms with Gasteiger partial charge in [0.25, 0.3) is 0 Å². The lowest BCUT2D eigenvalue weighted by Crippen LogP contribution is -2.20. The number of aromatic nitrogens is 1. The van der Waals surface area contributed by atoms with Gasteiger partial charge in [0.2, 0.25) is 10.0 Å². The maximum Gasteiger partial charge on any atom is 0.215 e. The van der Waals surface area contributed by atoms with Crippen molar-refractivity contribution in [2.45, 2.75) is 12.1 Å². The summed E-state index contributed by atoms with van der Waals surface area (Å²) in [5.41, 5.74) is -1.85.